The molecule has 2 aliphatic heterocycles. The predicted octanol–water partition coefficient (Wildman–Crippen LogP) is 4.92. The Labute approximate surface area is 209 Å². The Morgan fingerprint density at radius 3 is 2.72 bits per heavy atom. The predicted molar refractivity (Wildman–Crippen MR) is 132 cm³/mol. The number of fused-ring (bicyclic) bond motifs is 3. The Bertz CT molecular complexity index is 1450. The van der Waals surface area contributed by atoms with Gasteiger partial charge in [0, 0.05) is 47.2 Å². The normalized spacial score (nSPS) is 14.6. The second kappa shape index (κ2) is 8.90. The second-order valence-corrected chi connectivity index (χ2v) is 8.52. The Morgan fingerprint density at radius 1 is 1.17 bits per heavy atom. The highest BCUT2D eigenvalue weighted by Crippen LogP contribution is 2.39. The molecule has 5 rings (SSSR count). The number of pyridine rings is 1. The van der Waals surface area contributed by atoms with Gasteiger partial charge in [-0.15, -0.1) is 0 Å². The molecule has 3 aromatic rings. The van der Waals surface area contributed by atoms with Crippen molar-refractivity contribution in [1.82, 2.24) is 15.0 Å². The summed E-state index contributed by atoms with van der Waals surface area (Å²) < 4.78 is 39.1. The molecule has 8 nitrogen and oxygen atoms in total. The summed E-state index contributed by atoms with van der Waals surface area (Å²) in [6, 6.07) is 6.35. The van der Waals surface area contributed by atoms with E-state index >= 15 is 0 Å². The fourth-order valence-electron chi connectivity index (χ4n) is 4.08. The number of carbonyl (C=O) groups is 1. The number of amides is 1. The van der Waals surface area contributed by atoms with Crippen molar-refractivity contribution in [3.8, 4) is 0 Å². The molecule has 36 heavy (non-hydrogen) atoms. The summed E-state index contributed by atoms with van der Waals surface area (Å²) in [5, 5.41) is 5.99. The monoisotopic (exact) mass is 513 g/mol. The van der Waals surface area contributed by atoms with Crippen LogP contribution in [0.5, 0.6) is 0 Å². The lowest BCUT2D eigenvalue weighted by atomic mass is 9.96. The molecule has 0 atom stereocenters. The van der Waals surface area contributed by atoms with Crippen molar-refractivity contribution in [3.05, 3.63) is 69.6 Å². The van der Waals surface area contributed by atoms with Crippen LogP contribution in [0.3, 0.4) is 0 Å². The van der Waals surface area contributed by atoms with Crippen LogP contribution >= 0.6 is 11.6 Å². The molecule has 184 valence electrons. The van der Waals surface area contributed by atoms with Crippen LogP contribution in [0.1, 0.15) is 32.9 Å². The minimum absolute atomic E-state index is 0.342. The van der Waals surface area contributed by atoms with Crippen molar-refractivity contribution in [2.24, 2.45) is 4.99 Å². The van der Waals surface area contributed by atoms with Crippen LogP contribution in [0.25, 0.3) is 11.6 Å². The molecule has 0 unspecified atom stereocenters. The van der Waals surface area contributed by atoms with Gasteiger partial charge in [0.1, 0.15) is 17.3 Å². The summed E-state index contributed by atoms with van der Waals surface area (Å²) in [7, 11) is 1.75. The lowest BCUT2D eigenvalue weighted by molar-refractivity contribution is -0.137. The van der Waals surface area contributed by atoms with E-state index in [4.69, 9.17) is 11.6 Å². The van der Waals surface area contributed by atoms with Crippen molar-refractivity contribution in [1.29, 1.82) is 0 Å². The van der Waals surface area contributed by atoms with Crippen LogP contribution in [-0.2, 0) is 6.18 Å². The molecule has 2 aromatic heterocycles. The fraction of sp³-hybridized carbons (Fsp3) is 0.208. The van der Waals surface area contributed by atoms with Crippen LogP contribution in [0.2, 0.25) is 5.02 Å². The van der Waals surface area contributed by atoms with E-state index in [1.54, 1.807) is 25.2 Å². The number of benzene rings is 1. The first kappa shape index (κ1) is 23.7. The molecule has 1 amide bonds. The highest BCUT2D eigenvalue weighted by molar-refractivity contribution is 6.40. The number of halogens is 4. The molecule has 1 aromatic carbocycles. The van der Waals surface area contributed by atoms with Crippen molar-refractivity contribution in [2.75, 3.05) is 35.7 Å². The van der Waals surface area contributed by atoms with Gasteiger partial charge in [0.15, 0.2) is 0 Å². The number of nitrogens with one attached hydrogen (secondary N) is 2. The van der Waals surface area contributed by atoms with Gasteiger partial charge in [0.2, 0.25) is 5.95 Å². The van der Waals surface area contributed by atoms with Gasteiger partial charge >= 0.3 is 6.18 Å². The van der Waals surface area contributed by atoms with E-state index in [-0.39, 0.29) is 5.69 Å². The standard InChI is InChI=1S/C24H19ClF3N7O/c1-12-15-11-17(20-31-7-8-35(20)21(15)34-23(29-2)32-12)16-10-14(3-4-18(16)25)33-22(36)19-9-13(5-6-30-19)24(26,27)28/h3-6,9-11H,7-8H2,1-2H3,(H,33,36)(H,29,32,34). The Morgan fingerprint density at radius 2 is 1.97 bits per heavy atom. The number of rotatable bonds is 4. The van der Waals surface area contributed by atoms with Crippen molar-refractivity contribution < 1.29 is 18.0 Å². The molecule has 0 radical (unpaired) electrons. The van der Waals surface area contributed by atoms with E-state index in [1.807, 2.05) is 17.9 Å². The number of anilines is 3. The van der Waals surface area contributed by atoms with E-state index in [1.165, 1.54) is 0 Å². The van der Waals surface area contributed by atoms with Gasteiger partial charge in [-0.3, -0.25) is 14.8 Å². The number of carbonyl (C=O) groups excluding carboxylic acids is 1. The number of hydrogen-bond donors (Lipinski definition) is 2. The maximum atomic E-state index is 13.0. The minimum atomic E-state index is -4.58. The van der Waals surface area contributed by atoms with E-state index in [9.17, 15) is 18.0 Å². The van der Waals surface area contributed by atoms with Crippen LogP contribution in [0.4, 0.5) is 30.6 Å². The summed E-state index contributed by atoms with van der Waals surface area (Å²) >= 11 is 6.55. The van der Waals surface area contributed by atoms with E-state index in [0.717, 1.165) is 34.9 Å². The smallest absolute Gasteiger partial charge is 0.357 e. The summed E-state index contributed by atoms with van der Waals surface area (Å²) in [5.41, 5.74) is 1.94. The lowest BCUT2D eigenvalue weighted by Crippen LogP contribution is -2.33. The number of aliphatic imine (C=N–C) groups is 1. The van der Waals surface area contributed by atoms with Crippen molar-refractivity contribution >= 4 is 52.4 Å². The fourth-order valence-corrected chi connectivity index (χ4v) is 4.30. The number of alkyl halides is 3. The summed E-state index contributed by atoms with van der Waals surface area (Å²) in [6.07, 6.45) is -1.73. The van der Waals surface area contributed by atoms with Crippen molar-refractivity contribution in [3.63, 3.8) is 0 Å². The molecule has 0 aliphatic carbocycles. The zero-order chi connectivity index (χ0) is 25.6. The average Bonchev–Trinajstić information content (AvgIpc) is 3.35. The third-order valence-electron chi connectivity index (χ3n) is 5.80. The average molecular weight is 514 g/mol. The SMILES string of the molecule is CNc1nc(C)c2c(n1)N1CCN=C1C(c1cc(NC(=O)c3cc(C(F)(F)F)ccn3)ccc1Cl)=C2. The van der Waals surface area contributed by atoms with Crippen LogP contribution < -0.4 is 15.5 Å². The van der Waals surface area contributed by atoms with Gasteiger partial charge in [0.05, 0.1) is 17.8 Å². The zero-order valence-corrected chi connectivity index (χ0v) is 19.9. The highest BCUT2D eigenvalue weighted by atomic mass is 35.5. The Kier molecular flexibility index (Phi) is 5.87. The Hall–Kier alpha value is -3.99. The third-order valence-corrected chi connectivity index (χ3v) is 6.13. The highest BCUT2D eigenvalue weighted by Gasteiger charge is 2.33. The zero-order valence-electron chi connectivity index (χ0n) is 19.1. The molecule has 12 heteroatoms. The van der Waals surface area contributed by atoms with Crippen molar-refractivity contribution in [2.45, 2.75) is 13.1 Å². The third kappa shape index (κ3) is 4.26. The van der Waals surface area contributed by atoms with E-state index in [2.05, 4.69) is 30.6 Å². The van der Waals surface area contributed by atoms with Gasteiger partial charge in [-0.2, -0.15) is 18.2 Å². The number of nitrogens with zero attached hydrogens (tertiary/aromatic N) is 5. The summed E-state index contributed by atoms with van der Waals surface area (Å²) in [5.74, 6) is 1.15. The van der Waals surface area contributed by atoms with Gasteiger partial charge < -0.3 is 15.5 Å². The number of amidine groups is 1. The largest absolute Gasteiger partial charge is 0.416 e. The molecule has 2 aliphatic rings. The number of hydrogen-bond acceptors (Lipinski definition) is 7. The molecular weight excluding hydrogens is 495 g/mol. The number of aryl methyl sites for hydroxylation is 1. The quantitative estimate of drug-likeness (QED) is 0.514. The summed E-state index contributed by atoms with van der Waals surface area (Å²) in [4.78, 5) is 32.2. The van der Waals surface area contributed by atoms with Gasteiger partial charge in [-0.25, -0.2) is 4.98 Å². The molecule has 4 heterocycles. The van der Waals surface area contributed by atoms with E-state index < -0.39 is 17.6 Å². The first-order chi connectivity index (χ1) is 17.2. The lowest BCUT2D eigenvalue weighted by Gasteiger charge is -2.29. The van der Waals surface area contributed by atoms with Gasteiger partial charge in [-0.05, 0) is 43.3 Å². The molecule has 0 saturated heterocycles. The molecule has 0 spiro atoms. The first-order valence-corrected chi connectivity index (χ1v) is 11.3. The molecule has 2 N–H and O–H groups in total. The minimum Gasteiger partial charge on any atom is -0.357 e. The first-order valence-electron chi connectivity index (χ1n) is 10.9. The number of aromatic nitrogens is 3. The maximum absolute atomic E-state index is 13.0. The van der Waals surface area contributed by atoms with Gasteiger partial charge in [-0.1, -0.05) is 11.6 Å². The summed E-state index contributed by atoms with van der Waals surface area (Å²) in [6.45, 7) is 3.09. The molecule has 0 saturated carbocycles. The maximum Gasteiger partial charge on any atom is 0.416 e. The van der Waals surface area contributed by atoms with Crippen LogP contribution in [-0.4, -0.2) is 46.8 Å². The molecular formula is C24H19ClF3N7O. The second-order valence-electron chi connectivity index (χ2n) is 8.11. The molecule has 0 fully saturated rings. The Balaban J connectivity index is 1.52. The topological polar surface area (TPSA) is 95.4 Å². The molecule has 0 bridgehead atoms. The van der Waals surface area contributed by atoms with Crippen LogP contribution in [0, 0.1) is 6.92 Å². The van der Waals surface area contributed by atoms with E-state index in [0.29, 0.717) is 47.2 Å². The van der Waals surface area contributed by atoms with Crippen LogP contribution in [0.15, 0.2) is 41.5 Å². The van der Waals surface area contributed by atoms with Gasteiger partial charge in [0.25, 0.3) is 5.91 Å².